The second-order valence-electron chi connectivity index (χ2n) is 1.56. The first kappa shape index (κ1) is 32.5. The summed E-state index contributed by atoms with van der Waals surface area (Å²) in [7, 11) is -10.2. The first-order chi connectivity index (χ1) is 5.89. The molecule has 0 aromatic heterocycles. The molecule has 0 unspecified atom stereocenters. The SMILES string of the molecule is O=S(=O)([O-])B([O-])[O-].O=S(=O)([O-])B([O-])[O-].[Ca+2].[Ca+2].[Ca+2]. The van der Waals surface area contributed by atoms with E-state index in [-0.39, 0.29) is 113 Å². The normalized spacial score (nSPS) is 9.29. The van der Waals surface area contributed by atoms with E-state index < -0.39 is 32.7 Å². The van der Waals surface area contributed by atoms with Crippen LogP contribution in [-0.4, -0.2) is 152 Å². The number of hydrogen-bond donors (Lipinski definition) is 0. The average Bonchev–Trinajstić information content (AvgIpc) is 1.83. The summed E-state index contributed by atoms with van der Waals surface area (Å²) in [5.41, 5.74) is 0. The Morgan fingerprint density at radius 3 is 0.647 bits per heavy atom. The van der Waals surface area contributed by atoms with Gasteiger partial charge in [0, 0.05) is 32.7 Å². The van der Waals surface area contributed by atoms with E-state index in [1.807, 2.05) is 0 Å². The van der Waals surface area contributed by atoms with Crippen molar-refractivity contribution in [2.75, 3.05) is 0 Å². The summed E-state index contributed by atoms with van der Waals surface area (Å²) in [5, 5.41) is 36.4. The zero-order chi connectivity index (χ0) is 12.2. The van der Waals surface area contributed by atoms with Gasteiger partial charge in [0.25, 0.3) is 0 Å². The van der Waals surface area contributed by atoms with E-state index in [1.54, 1.807) is 0 Å². The van der Waals surface area contributed by atoms with E-state index >= 15 is 0 Å². The largest absolute Gasteiger partial charge is 2.00 e. The van der Waals surface area contributed by atoms with Crippen molar-refractivity contribution in [3.8, 4) is 0 Å². The zero-order valence-corrected chi connectivity index (χ0v) is 16.4. The standard InChI is InChI=1S/2BHO5S.3Ca/c2*2-1(3)7(4,5)6;;;/h2*(H,4,5,6);;;/q2*-2;3*+2/p-2. The van der Waals surface area contributed by atoms with Crippen LogP contribution in [-0.2, 0) is 19.9 Å². The van der Waals surface area contributed by atoms with E-state index in [2.05, 4.69) is 0 Å². The molecule has 0 N–H and O–H groups in total. The van der Waals surface area contributed by atoms with Gasteiger partial charge >= 0.3 is 113 Å². The molecule has 0 heterocycles. The Morgan fingerprint density at radius 2 is 0.647 bits per heavy atom. The summed E-state index contributed by atoms with van der Waals surface area (Å²) in [6.07, 6.45) is -6.57. The third-order valence-electron chi connectivity index (χ3n) is 0.471. The first-order valence-corrected chi connectivity index (χ1v) is 5.36. The van der Waals surface area contributed by atoms with Gasteiger partial charge in [-0.1, -0.05) is 0 Å². The molecule has 0 bridgehead atoms. The van der Waals surface area contributed by atoms with Crippen LogP contribution in [0, 0.1) is 0 Å². The van der Waals surface area contributed by atoms with Crippen molar-refractivity contribution in [3.05, 3.63) is 0 Å². The molecule has 0 aromatic rings. The molecule has 0 fully saturated rings. The van der Waals surface area contributed by atoms with E-state index in [0.717, 1.165) is 0 Å². The molecule has 0 aliphatic heterocycles. The molecule has 0 aromatic carbocycles. The molecule has 0 atom stereocenters. The van der Waals surface area contributed by atoms with Gasteiger partial charge in [-0.3, -0.25) is 16.8 Å². The van der Waals surface area contributed by atoms with Crippen LogP contribution >= 0.6 is 0 Å². The second kappa shape index (κ2) is 14.5. The average molecular weight is 366 g/mol. The smallest absolute Gasteiger partial charge is 0.882 e. The predicted octanol–water partition coefficient (Wildman–Crippen LogP) is -8.67. The summed E-state index contributed by atoms with van der Waals surface area (Å²) >= 11 is 0. The molecule has 0 saturated carbocycles. The monoisotopic (exact) mass is 366 g/mol. The molecular weight excluding hydrogens is 366 g/mol. The van der Waals surface area contributed by atoms with Crippen molar-refractivity contribution < 1.29 is 46.0 Å². The number of rotatable bonds is 2. The van der Waals surface area contributed by atoms with Crippen molar-refractivity contribution in [1.82, 2.24) is 0 Å². The maximum atomic E-state index is 9.15. The topological polar surface area (TPSA) is 207 Å². The molecule has 0 rings (SSSR count). The number of hydrogen-bond acceptors (Lipinski definition) is 10. The quantitative estimate of drug-likeness (QED) is 0.333. The Balaban J connectivity index is -0.0000000480. The molecule has 0 saturated heterocycles. The minimum Gasteiger partial charge on any atom is -0.882 e. The van der Waals surface area contributed by atoms with Gasteiger partial charge in [-0.15, -0.1) is 0 Å². The fraction of sp³-hybridized carbons (Fsp3) is 0. The Morgan fingerprint density at radius 1 is 0.588 bits per heavy atom. The molecule has 0 spiro atoms. The van der Waals surface area contributed by atoms with Crippen molar-refractivity contribution in [2.24, 2.45) is 0 Å². The maximum absolute atomic E-state index is 9.15. The molecule has 0 radical (unpaired) electrons. The fourth-order valence-electron chi connectivity index (χ4n) is 0. The van der Waals surface area contributed by atoms with Gasteiger partial charge < -0.3 is 29.2 Å². The van der Waals surface area contributed by atoms with E-state index in [9.17, 15) is 0 Å². The van der Waals surface area contributed by atoms with Gasteiger partial charge in [0.05, 0.1) is 0 Å². The summed E-state index contributed by atoms with van der Waals surface area (Å²) in [4.78, 5) is 0. The van der Waals surface area contributed by atoms with E-state index in [1.165, 1.54) is 0 Å². The maximum Gasteiger partial charge on any atom is 2.00 e. The Kier molecular flexibility index (Phi) is 27.7. The minimum atomic E-state index is -5.10. The molecule has 0 aliphatic carbocycles. The van der Waals surface area contributed by atoms with Crippen LogP contribution in [0.4, 0.5) is 0 Å². The van der Waals surface area contributed by atoms with Gasteiger partial charge in [-0.05, 0) is 0 Å². The van der Waals surface area contributed by atoms with Gasteiger partial charge in [-0.2, -0.15) is 0 Å². The molecular formula is B2Ca3O10S2. The van der Waals surface area contributed by atoms with Crippen molar-refractivity contribution in [1.29, 1.82) is 0 Å². The van der Waals surface area contributed by atoms with Crippen LogP contribution in [0.15, 0.2) is 0 Å². The summed E-state index contributed by atoms with van der Waals surface area (Å²) in [5.74, 6) is 0. The van der Waals surface area contributed by atoms with Crippen LogP contribution in [0.5, 0.6) is 0 Å². The first-order valence-electron chi connectivity index (χ1n) is 2.41. The van der Waals surface area contributed by atoms with E-state index in [4.69, 9.17) is 46.0 Å². The molecule has 0 aliphatic rings. The van der Waals surface area contributed by atoms with Crippen LogP contribution in [0.1, 0.15) is 0 Å². The molecule has 17 heavy (non-hydrogen) atoms. The van der Waals surface area contributed by atoms with Crippen molar-refractivity contribution in [2.45, 2.75) is 0 Å². The minimum absolute atomic E-state index is 0. The van der Waals surface area contributed by atoms with Crippen LogP contribution in [0.3, 0.4) is 0 Å². The molecule has 0 amide bonds. The van der Waals surface area contributed by atoms with Crippen LogP contribution < -0.4 is 20.1 Å². The van der Waals surface area contributed by atoms with Crippen LogP contribution in [0.2, 0.25) is 0 Å². The zero-order valence-electron chi connectivity index (χ0n) is 8.18. The van der Waals surface area contributed by atoms with Crippen LogP contribution in [0.25, 0.3) is 0 Å². The van der Waals surface area contributed by atoms with Gasteiger partial charge in [0.2, 0.25) is 0 Å². The van der Waals surface area contributed by atoms with E-state index in [0.29, 0.717) is 0 Å². The van der Waals surface area contributed by atoms with Crippen molar-refractivity contribution >= 4 is 146 Å². The molecule has 84 valence electrons. The third kappa shape index (κ3) is 24.9. The third-order valence-corrected chi connectivity index (χ3v) is 1.41. The molecule has 10 nitrogen and oxygen atoms in total. The Hall–Kier alpha value is 3.57. The summed E-state index contributed by atoms with van der Waals surface area (Å²) < 4.78 is 54.9. The summed E-state index contributed by atoms with van der Waals surface area (Å²) in [6, 6.07) is 0. The fourth-order valence-corrected chi connectivity index (χ4v) is 0. The predicted molar refractivity (Wildman–Crippen MR) is 48.2 cm³/mol. The van der Waals surface area contributed by atoms with Gasteiger partial charge in [0.1, 0.15) is 0 Å². The second-order valence-corrected chi connectivity index (χ2v) is 4.30. The molecule has 17 heteroatoms. The summed E-state index contributed by atoms with van der Waals surface area (Å²) in [6.45, 7) is 0. The van der Waals surface area contributed by atoms with Gasteiger partial charge in [0.15, 0.2) is 0 Å². The van der Waals surface area contributed by atoms with Gasteiger partial charge in [-0.25, -0.2) is 0 Å². The van der Waals surface area contributed by atoms with Crippen molar-refractivity contribution in [3.63, 3.8) is 0 Å². The Labute approximate surface area is 188 Å². The Bertz CT molecular complexity index is 308.